The van der Waals surface area contributed by atoms with Crippen LogP contribution in [0.3, 0.4) is 0 Å². The molecule has 9 nitrogen and oxygen atoms in total. The van der Waals surface area contributed by atoms with Crippen molar-refractivity contribution in [1.29, 1.82) is 0 Å². The summed E-state index contributed by atoms with van der Waals surface area (Å²) in [6, 6.07) is 2.99. The molecule has 0 N–H and O–H groups in total. The number of methoxy groups -OCH3 is 1. The number of hydrogen-bond acceptors (Lipinski definition) is 7. The molecule has 0 radical (unpaired) electrons. The van der Waals surface area contributed by atoms with Crippen LogP contribution in [0.5, 0.6) is 0 Å². The van der Waals surface area contributed by atoms with E-state index in [9.17, 15) is 9.59 Å². The summed E-state index contributed by atoms with van der Waals surface area (Å²) in [5, 5.41) is 5.42. The first kappa shape index (κ1) is 20.0. The number of rotatable bonds is 7. The molecule has 0 saturated carbocycles. The van der Waals surface area contributed by atoms with Crippen molar-refractivity contribution in [2.75, 3.05) is 20.0 Å². The zero-order valence-electron chi connectivity index (χ0n) is 16.2. The minimum atomic E-state index is -0.673. The Bertz CT molecular complexity index is 1140. The van der Waals surface area contributed by atoms with Gasteiger partial charge in [0.2, 0.25) is 0 Å². The molecule has 0 saturated heterocycles. The first-order valence-corrected chi connectivity index (χ1v) is 9.80. The molecule has 0 atom stereocenters. The smallest absolute Gasteiger partial charge is 0.278 e. The minimum absolute atomic E-state index is 0.252. The molecule has 0 aromatic carbocycles. The SMILES string of the molecule is C=CCn1c(=O)c2cnc(SC)nc2n1-c1ccc(=O)n(C(C)(C)COC)n1. The third kappa shape index (κ3) is 3.40. The molecule has 3 aromatic heterocycles. The third-order valence-corrected chi connectivity index (χ3v) is 4.77. The highest BCUT2D eigenvalue weighted by atomic mass is 32.2. The molecule has 28 heavy (non-hydrogen) atoms. The van der Waals surface area contributed by atoms with Gasteiger partial charge in [-0.2, -0.15) is 0 Å². The van der Waals surface area contributed by atoms with E-state index in [2.05, 4.69) is 21.6 Å². The van der Waals surface area contributed by atoms with Crippen LogP contribution in [0.4, 0.5) is 0 Å². The molecule has 148 valence electrons. The lowest BCUT2D eigenvalue weighted by molar-refractivity contribution is 0.0976. The predicted molar refractivity (Wildman–Crippen MR) is 108 cm³/mol. The normalized spacial score (nSPS) is 11.9. The summed E-state index contributed by atoms with van der Waals surface area (Å²) in [5.41, 5.74) is -0.764. The molecular weight excluding hydrogens is 380 g/mol. The Balaban J connectivity index is 2.34. The topological polar surface area (TPSA) is 96.8 Å². The fourth-order valence-corrected chi connectivity index (χ4v) is 3.33. The van der Waals surface area contributed by atoms with Gasteiger partial charge < -0.3 is 4.74 Å². The van der Waals surface area contributed by atoms with Crippen molar-refractivity contribution in [3.05, 3.63) is 51.7 Å². The summed E-state index contributed by atoms with van der Waals surface area (Å²) in [6.45, 7) is 7.99. The maximum atomic E-state index is 12.9. The van der Waals surface area contributed by atoms with Crippen molar-refractivity contribution < 1.29 is 4.74 Å². The van der Waals surface area contributed by atoms with E-state index in [1.54, 1.807) is 23.9 Å². The number of ether oxygens (including phenoxy) is 1. The van der Waals surface area contributed by atoms with Crippen LogP contribution in [0.2, 0.25) is 0 Å². The van der Waals surface area contributed by atoms with Crippen molar-refractivity contribution in [2.45, 2.75) is 31.1 Å². The second-order valence-electron chi connectivity index (χ2n) is 6.77. The highest BCUT2D eigenvalue weighted by Gasteiger charge is 2.25. The largest absolute Gasteiger partial charge is 0.382 e. The maximum Gasteiger partial charge on any atom is 0.278 e. The summed E-state index contributed by atoms with van der Waals surface area (Å²) >= 11 is 1.37. The molecule has 10 heteroatoms. The van der Waals surface area contributed by atoms with Crippen molar-refractivity contribution in [1.82, 2.24) is 29.1 Å². The molecule has 0 aliphatic rings. The zero-order chi connectivity index (χ0) is 20.5. The number of allylic oxidation sites excluding steroid dienone is 1. The van der Waals surface area contributed by atoms with Gasteiger partial charge in [0, 0.05) is 19.4 Å². The van der Waals surface area contributed by atoms with E-state index in [1.807, 2.05) is 20.1 Å². The Morgan fingerprint density at radius 1 is 1.32 bits per heavy atom. The van der Waals surface area contributed by atoms with Gasteiger partial charge in [-0.3, -0.25) is 9.59 Å². The van der Waals surface area contributed by atoms with E-state index < -0.39 is 5.54 Å². The Morgan fingerprint density at radius 3 is 2.71 bits per heavy atom. The van der Waals surface area contributed by atoms with Crippen LogP contribution < -0.4 is 11.1 Å². The molecule has 0 amide bonds. The van der Waals surface area contributed by atoms with E-state index in [0.717, 1.165) is 0 Å². The highest BCUT2D eigenvalue weighted by molar-refractivity contribution is 7.98. The van der Waals surface area contributed by atoms with Crippen LogP contribution in [-0.4, -0.2) is 49.1 Å². The monoisotopic (exact) mass is 402 g/mol. The fourth-order valence-electron chi connectivity index (χ4n) is 2.99. The molecule has 0 bridgehead atoms. The van der Waals surface area contributed by atoms with Crippen LogP contribution in [-0.2, 0) is 16.8 Å². The average molecular weight is 402 g/mol. The van der Waals surface area contributed by atoms with E-state index in [-0.39, 0.29) is 17.7 Å². The number of aromatic nitrogens is 6. The first-order chi connectivity index (χ1) is 13.3. The van der Waals surface area contributed by atoms with Gasteiger partial charge >= 0.3 is 0 Å². The van der Waals surface area contributed by atoms with Crippen LogP contribution in [0.15, 0.2) is 45.7 Å². The molecular formula is C18H22N6O3S. The summed E-state index contributed by atoms with van der Waals surface area (Å²) in [4.78, 5) is 34.0. The lowest BCUT2D eigenvalue weighted by atomic mass is 10.1. The van der Waals surface area contributed by atoms with E-state index >= 15 is 0 Å². The van der Waals surface area contributed by atoms with Gasteiger partial charge in [-0.1, -0.05) is 17.8 Å². The Labute approximate surface area is 165 Å². The van der Waals surface area contributed by atoms with E-state index in [4.69, 9.17) is 4.74 Å². The van der Waals surface area contributed by atoms with Gasteiger partial charge in [-0.25, -0.2) is 24.0 Å². The molecule has 0 unspecified atom stereocenters. The molecule has 0 spiro atoms. The molecule has 0 aliphatic carbocycles. The summed E-state index contributed by atoms with van der Waals surface area (Å²) in [7, 11) is 1.57. The van der Waals surface area contributed by atoms with E-state index in [1.165, 1.54) is 33.4 Å². The van der Waals surface area contributed by atoms with Crippen molar-refractivity contribution in [2.24, 2.45) is 0 Å². The molecule has 0 fully saturated rings. The molecule has 3 aromatic rings. The Hall–Kier alpha value is -2.72. The average Bonchev–Trinajstić information content (AvgIpc) is 2.94. The lowest BCUT2D eigenvalue weighted by Crippen LogP contribution is -2.42. The number of thioether (sulfide) groups is 1. The van der Waals surface area contributed by atoms with Gasteiger partial charge in [-0.15, -0.1) is 11.7 Å². The predicted octanol–water partition coefficient (Wildman–Crippen LogP) is 1.43. The Kier molecular flexibility index (Phi) is 5.52. The van der Waals surface area contributed by atoms with Gasteiger partial charge in [0.05, 0.1) is 18.7 Å². The summed E-state index contributed by atoms with van der Waals surface area (Å²) < 4.78 is 9.65. The van der Waals surface area contributed by atoms with Crippen molar-refractivity contribution in [3.8, 4) is 5.82 Å². The quantitative estimate of drug-likeness (QED) is 0.335. The van der Waals surface area contributed by atoms with Crippen LogP contribution in [0, 0.1) is 0 Å². The minimum Gasteiger partial charge on any atom is -0.382 e. The zero-order valence-corrected chi connectivity index (χ0v) is 17.1. The van der Waals surface area contributed by atoms with Gasteiger partial charge in [0.1, 0.15) is 5.39 Å². The maximum absolute atomic E-state index is 12.9. The second-order valence-corrected chi connectivity index (χ2v) is 7.54. The standard InChI is InChI=1S/C18H22N6O3S/c1-6-9-22-16(26)12-10-19-17(28-5)20-15(12)23(22)13-7-8-14(25)24(21-13)18(2,3)11-27-4/h6-8,10H,1,9,11H2,2-5H3. The number of fused-ring (bicyclic) bond motifs is 1. The van der Waals surface area contributed by atoms with Gasteiger partial charge in [0.25, 0.3) is 11.1 Å². The second kappa shape index (κ2) is 7.72. The van der Waals surface area contributed by atoms with Crippen molar-refractivity contribution in [3.63, 3.8) is 0 Å². The Morgan fingerprint density at radius 2 is 2.07 bits per heavy atom. The fraction of sp³-hybridized carbons (Fsp3) is 0.389. The van der Waals surface area contributed by atoms with Gasteiger partial charge in [0.15, 0.2) is 16.6 Å². The molecule has 0 aliphatic heterocycles. The highest BCUT2D eigenvalue weighted by Crippen LogP contribution is 2.18. The summed E-state index contributed by atoms with van der Waals surface area (Å²) in [6.07, 6.45) is 4.98. The van der Waals surface area contributed by atoms with Crippen LogP contribution in [0.25, 0.3) is 16.9 Å². The third-order valence-electron chi connectivity index (χ3n) is 4.21. The van der Waals surface area contributed by atoms with Crippen LogP contribution in [0.1, 0.15) is 13.8 Å². The molecule has 3 rings (SSSR count). The lowest BCUT2D eigenvalue weighted by Gasteiger charge is -2.25. The van der Waals surface area contributed by atoms with E-state index in [0.29, 0.717) is 28.6 Å². The first-order valence-electron chi connectivity index (χ1n) is 8.57. The summed E-state index contributed by atoms with van der Waals surface area (Å²) in [5.74, 6) is 0.392. The number of hydrogen-bond donors (Lipinski definition) is 0. The molecule has 3 heterocycles. The van der Waals surface area contributed by atoms with Crippen LogP contribution >= 0.6 is 11.8 Å². The van der Waals surface area contributed by atoms with Crippen molar-refractivity contribution >= 4 is 22.8 Å². The number of nitrogens with zero attached hydrogens (tertiary/aromatic N) is 6. The van der Waals surface area contributed by atoms with Gasteiger partial charge in [-0.05, 0) is 26.2 Å².